The molecule has 0 unspecified atom stereocenters. The van der Waals surface area contributed by atoms with E-state index in [0.717, 1.165) is 12.8 Å². The summed E-state index contributed by atoms with van der Waals surface area (Å²) in [6, 6.07) is 8.39. The van der Waals surface area contributed by atoms with Gasteiger partial charge in [-0.05, 0) is 30.2 Å². The fourth-order valence-corrected chi connectivity index (χ4v) is 3.35. The quantitative estimate of drug-likeness (QED) is 0.660. The van der Waals surface area contributed by atoms with Crippen molar-refractivity contribution in [1.29, 1.82) is 5.26 Å². The molecular weight excluding hydrogens is 318 g/mol. The molecule has 1 aliphatic rings. The molecule has 0 bridgehead atoms. The van der Waals surface area contributed by atoms with Crippen molar-refractivity contribution in [3.05, 3.63) is 36.3 Å². The summed E-state index contributed by atoms with van der Waals surface area (Å²) in [5.41, 5.74) is 0.484. The third kappa shape index (κ3) is 3.53. The van der Waals surface area contributed by atoms with Crippen molar-refractivity contribution in [2.45, 2.75) is 23.8 Å². The van der Waals surface area contributed by atoms with Crippen LogP contribution in [0.5, 0.6) is 0 Å². The van der Waals surface area contributed by atoms with Crippen molar-refractivity contribution in [1.82, 2.24) is 25.3 Å². The van der Waals surface area contributed by atoms with Crippen LogP contribution in [0.1, 0.15) is 18.7 Å². The Morgan fingerprint density at radius 1 is 1.39 bits per heavy atom. The Hall–Kier alpha value is -2.77. The molecule has 0 saturated heterocycles. The monoisotopic (exact) mass is 331 g/mol. The molecule has 23 heavy (non-hydrogen) atoms. The highest BCUT2D eigenvalue weighted by Gasteiger charge is 2.29. The van der Waals surface area contributed by atoms with Crippen molar-refractivity contribution >= 4 is 21.3 Å². The Balaban J connectivity index is 1.87. The first kappa shape index (κ1) is 15.1. The summed E-state index contributed by atoms with van der Waals surface area (Å²) in [5, 5.41) is 25.0. The van der Waals surface area contributed by atoms with Gasteiger partial charge in [0.25, 0.3) is 0 Å². The number of allylic oxidation sites excluding steroid dienone is 1. The Bertz CT molecular complexity index is 864. The number of aromatic nitrogens is 4. The van der Waals surface area contributed by atoms with E-state index in [1.54, 1.807) is 18.2 Å². The maximum absolute atomic E-state index is 12.4. The van der Waals surface area contributed by atoms with Gasteiger partial charge < -0.3 is 5.32 Å². The van der Waals surface area contributed by atoms with E-state index in [2.05, 4.69) is 30.7 Å². The number of nitrogens with one attached hydrogen (secondary N) is 3. The second-order valence-corrected chi connectivity index (χ2v) is 6.62. The Kier molecular flexibility index (Phi) is 4.05. The molecule has 2 aromatic rings. The number of hydrogen-bond donors (Lipinski definition) is 3. The molecule has 1 aliphatic carbocycles. The van der Waals surface area contributed by atoms with Gasteiger partial charge in [0.1, 0.15) is 16.5 Å². The second kappa shape index (κ2) is 6.15. The number of tetrazole rings is 1. The van der Waals surface area contributed by atoms with Gasteiger partial charge in [-0.3, -0.25) is 0 Å². The van der Waals surface area contributed by atoms with Crippen LogP contribution in [0.15, 0.2) is 35.4 Å². The van der Waals surface area contributed by atoms with Gasteiger partial charge in [-0.1, -0.05) is 12.1 Å². The molecule has 0 amide bonds. The highest BCUT2D eigenvalue weighted by Crippen LogP contribution is 2.26. The van der Waals surface area contributed by atoms with E-state index in [1.165, 1.54) is 12.3 Å². The topological polar surface area (TPSA) is 136 Å². The summed E-state index contributed by atoms with van der Waals surface area (Å²) >= 11 is 0. The summed E-state index contributed by atoms with van der Waals surface area (Å²) in [6.45, 7) is 0. The number of benzene rings is 1. The van der Waals surface area contributed by atoms with Gasteiger partial charge in [0, 0.05) is 12.2 Å². The molecule has 3 rings (SSSR count). The zero-order chi connectivity index (χ0) is 16.3. The average Bonchev–Trinajstić information content (AvgIpc) is 3.17. The van der Waals surface area contributed by atoms with Gasteiger partial charge in [-0.15, -0.1) is 10.2 Å². The third-order valence-corrected chi connectivity index (χ3v) is 4.73. The number of aromatic amines is 1. The van der Waals surface area contributed by atoms with Crippen LogP contribution in [0.25, 0.3) is 5.57 Å². The second-order valence-electron chi connectivity index (χ2n) is 4.94. The molecule has 1 fully saturated rings. The van der Waals surface area contributed by atoms with Crippen molar-refractivity contribution in [2.24, 2.45) is 0 Å². The fourth-order valence-electron chi connectivity index (χ4n) is 1.88. The van der Waals surface area contributed by atoms with E-state index in [0.29, 0.717) is 5.69 Å². The van der Waals surface area contributed by atoms with Crippen molar-refractivity contribution in [2.75, 3.05) is 5.32 Å². The summed E-state index contributed by atoms with van der Waals surface area (Å²) in [6.07, 6.45) is 3.05. The zero-order valence-corrected chi connectivity index (χ0v) is 12.7. The van der Waals surface area contributed by atoms with Crippen LogP contribution in [-0.2, 0) is 10.0 Å². The standard InChI is InChI=1S/C13H13N7O2S/c14-7-9(13-16-19-20-17-13)8-15-11-3-1-2-4-12(11)23(21,22)18-10-5-6-10/h1-4,8,10,15,18H,5-6H2,(H,16,17,19,20). The van der Waals surface area contributed by atoms with Crippen LogP contribution < -0.4 is 10.0 Å². The Morgan fingerprint density at radius 2 is 2.17 bits per heavy atom. The third-order valence-electron chi connectivity index (χ3n) is 3.15. The van der Waals surface area contributed by atoms with Crippen LogP contribution in [0.3, 0.4) is 0 Å². The highest BCUT2D eigenvalue weighted by atomic mass is 32.2. The molecule has 1 saturated carbocycles. The number of para-hydroxylation sites is 1. The molecule has 0 atom stereocenters. The number of sulfonamides is 1. The molecule has 1 aromatic carbocycles. The van der Waals surface area contributed by atoms with Gasteiger partial charge in [-0.25, -0.2) is 13.1 Å². The molecule has 9 nitrogen and oxygen atoms in total. The zero-order valence-electron chi connectivity index (χ0n) is 11.9. The van der Waals surface area contributed by atoms with E-state index >= 15 is 0 Å². The molecule has 0 aliphatic heterocycles. The summed E-state index contributed by atoms with van der Waals surface area (Å²) in [5.74, 6) is 0.122. The molecule has 118 valence electrons. The molecule has 0 radical (unpaired) electrons. The summed E-state index contributed by atoms with van der Waals surface area (Å²) in [4.78, 5) is 0.119. The number of anilines is 1. The fraction of sp³-hybridized carbons (Fsp3) is 0.231. The first-order valence-electron chi connectivity index (χ1n) is 6.82. The van der Waals surface area contributed by atoms with Crippen molar-refractivity contribution in [3.63, 3.8) is 0 Å². The van der Waals surface area contributed by atoms with Crippen LogP contribution in [0, 0.1) is 11.3 Å². The lowest BCUT2D eigenvalue weighted by atomic mass is 10.3. The number of nitrogens with zero attached hydrogens (tertiary/aromatic N) is 4. The maximum Gasteiger partial charge on any atom is 0.242 e. The highest BCUT2D eigenvalue weighted by molar-refractivity contribution is 7.89. The lowest BCUT2D eigenvalue weighted by Gasteiger charge is -2.10. The first-order valence-corrected chi connectivity index (χ1v) is 8.30. The van der Waals surface area contributed by atoms with Crippen molar-refractivity contribution in [3.8, 4) is 6.07 Å². The van der Waals surface area contributed by atoms with Crippen LogP contribution in [0.4, 0.5) is 5.69 Å². The first-order chi connectivity index (χ1) is 11.1. The number of hydrogen-bond acceptors (Lipinski definition) is 7. The Labute approximate surface area is 132 Å². The minimum atomic E-state index is -3.61. The van der Waals surface area contributed by atoms with Gasteiger partial charge in [-0.2, -0.15) is 10.5 Å². The van der Waals surface area contributed by atoms with Gasteiger partial charge >= 0.3 is 0 Å². The van der Waals surface area contributed by atoms with E-state index in [1.807, 2.05) is 6.07 Å². The maximum atomic E-state index is 12.4. The number of nitriles is 1. The molecule has 3 N–H and O–H groups in total. The van der Waals surface area contributed by atoms with E-state index in [4.69, 9.17) is 5.26 Å². The van der Waals surface area contributed by atoms with Crippen LogP contribution in [-0.4, -0.2) is 35.1 Å². The summed E-state index contributed by atoms with van der Waals surface area (Å²) < 4.78 is 27.4. The summed E-state index contributed by atoms with van der Waals surface area (Å²) in [7, 11) is -3.61. The van der Waals surface area contributed by atoms with E-state index in [-0.39, 0.29) is 22.3 Å². The molecule has 10 heteroatoms. The average molecular weight is 331 g/mol. The SMILES string of the molecule is N#CC(=CNc1ccccc1S(=O)(=O)NC1CC1)c1nn[nH]n1. The number of rotatable bonds is 6. The lowest BCUT2D eigenvalue weighted by molar-refractivity contribution is 0.581. The minimum Gasteiger partial charge on any atom is -0.359 e. The van der Waals surface area contributed by atoms with Crippen LogP contribution >= 0.6 is 0 Å². The molecule has 1 heterocycles. The van der Waals surface area contributed by atoms with Gasteiger partial charge in [0.05, 0.1) is 5.69 Å². The smallest absolute Gasteiger partial charge is 0.242 e. The van der Waals surface area contributed by atoms with E-state index < -0.39 is 10.0 Å². The predicted molar refractivity (Wildman–Crippen MR) is 81.2 cm³/mol. The minimum absolute atomic E-state index is 0.0117. The van der Waals surface area contributed by atoms with Crippen LogP contribution in [0.2, 0.25) is 0 Å². The molecular formula is C13H13N7O2S. The van der Waals surface area contributed by atoms with Crippen molar-refractivity contribution < 1.29 is 8.42 Å². The van der Waals surface area contributed by atoms with E-state index in [9.17, 15) is 8.42 Å². The predicted octanol–water partition coefficient (Wildman–Crippen LogP) is 0.617. The van der Waals surface area contributed by atoms with Gasteiger partial charge in [0.15, 0.2) is 0 Å². The largest absolute Gasteiger partial charge is 0.359 e. The Morgan fingerprint density at radius 3 is 2.83 bits per heavy atom. The van der Waals surface area contributed by atoms with Gasteiger partial charge in [0.2, 0.25) is 15.8 Å². The molecule has 0 spiro atoms. The lowest BCUT2D eigenvalue weighted by Crippen LogP contribution is -2.26. The number of H-pyrrole nitrogens is 1. The normalized spacial score (nSPS) is 15.2. The molecule has 1 aromatic heterocycles.